The maximum Gasteiger partial charge on any atom is 0.278 e. The molecule has 0 aliphatic carbocycles. The molecule has 0 saturated heterocycles. The minimum Gasteiger partial charge on any atom is -0.508 e. The fourth-order valence-corrected chi connectivity index (χ4v) is 2.09. The summed E-state index contributed by atoms with van der Waals surface area (Å²) < 4.78 is 25.7. The second-order valence-corrected chi connectivity index (χ2v) is 4.72. The van der Waals surface area contributed by atoms with E-state index in [4.69, 9.17) is 5.11 Å². The van der Waals surface area contributed by atoms with Crippen LogP contribution in [0.15, 0.2) is 41.8 Å². The van der Waals surface area contributed by atoms with E-state index in [1.54, 1.807) is 0 Å². The molecule has 0 spiro atoms. The highest BCUT2D eigenvalue weighted by Crippen LogP contribution is 2.17. The number of nitrogens with zero attached hydrogens (tertiary/aromatic N) is 1. The van der Waals surface area contributed by atoms with Crippen LogP contribution in [0.1, 0.15) is 0 Å². The number of phenolic OH excluding ortho intramolecular Hbond substituents is 1. The molecule has 1 aromatic heterocycles. The highest BCUT2D eigenvalue weighted by molar-refractivity contribution is 7.92. The Balaban J connectivity index is 2.25. The molecule has 6 nitrogen and oxygen atoms in total. The summed E-state index contributed by atoms with van der Waals surface area (Å²) in [6, 6.07) is 5.71. The van der Waals surface area contributed by atoms with E-state index in [2.05, 4.69) is 14.7 Å². The van der Waals surface area contributed by atoms with Crippen molar-refractivity contribution in [1.29, 1.82) is 0 Å². The maximum atomic E-state index is 11.7. The van der Waals surface area contributed by atoms with Gasteiger partial charge < -0.3 is 10.1 Å². The topological polar surface area (TPSA) is 95.1 Å². The first-order valence-corrected chi connectivity index (χ1v) is 5.86. The van der Waals surface area contributed by atoms with Gasteiger partial charge >= 0.3 is 0 Å². The second kappa shape index (κ2) is 3.86. The lowest BCUT2D eigenvalue weighted by Crippen LogP contribution is -2.13. The summed E-state index contributed by atoms with van der Waals surface area (Å²) in [5, 5.41) is 9.03. The van der Waals surface area contributed by atoms with Crippen LogP contribution in [-0.4, -0.2) is 23.5 Å². The molecule has 2 rings (SSSR count). The van der Waals surface area contributed by atoms with Gasteiger partial charge in [-0.25, -0.2) is 4.98 Å². The molecule has 0 radical (unpaired) electrons. The van der Waals surface area contributed by atoms with Crippen molar-refractivity contribution in [3.8, 4) is 5.75 Å². The van der Waals surface area contributed by atoms with Crippen LogP contribution in [0.3, 0.4) is 0 Å². The van der Waals surface area contributed by atoms with Crippen molar-refractivity contribution in [1.82, 2.24) is 9.97 Å². The Bertz CT molecular complexity index is 561. The number of sulfonamides is 1. The number of nitrogens with one attached hydrogen (secondary N) is 2. The molecule has 0 bridgehead atoms. The average molecular weight is 239 g/mol. The molecule has 0 unspecified atom stereocenters. The fraction of sp³-hybridized carbons (Fsp3) is 0. The zero-order chi connectivity index (χ0) is 11.6. The molecule has 16 heavy (non-hydrogen) atoms. The number of benzene rings is 1. The van der Waals surface area contributed by atoms with E-state index in [-0.39, 0.29) is 10.8 Å². The normalized spacial score (nSPS) is 11.2. The molecule has 0 amide bonds. The predicted octanol–water partition coefficient (Wildman–Crippen LogP) is 0.916. The Hall–Kier alpha value is -2.02. The third-order valence-corrected chi connectivity index (χ3v) is 3.19. The van der Waals surface area contributed by atoms with Crippen molar-refractivity contribution < 1.29 is 13.5 Å². The Morgan fingerprint density at radius 1 is 1.25 bits per heavy atom. The minimum atomic E-state index is -3.63. The highest BCUT2D eigenvalue weighted by Gasteiger charge is 2.15. The first kappa shape index (κ1) is 10.5. The van der Waals surface area contributed by atoms with Gasteiger partial charge in [0.1, 0.15) is 5.75 Å². The number of rotatable bonds is 3. The number of H-pyrrole nitrogens is 1. The van der Waals surface area contributed by atoms with Crippen molar-refractivity contribution in [2.45, 2.75) is 5.03 Å². The second-order valence-electron chi connectivity index (χ2n) is 3.07. The van der Waals surface area contributed by atoms with E-state index < -0.39 is 10.0 Å². The van der Waals surface area contributed by atoms with Crippen LogP contribution in [0.2, 0.25) is 0 Å². The lowest BCUT2D eigenvalue weighted by molar-refractivity contribution is 0.475. The van der Waals surface area contributed by atoms with E-state index in [0.29, 0.717) is 5.69 Å². The van der Waals surface area contributed by atoms with Crippen LogP contribution in [-0.2, 0) is 10.0 Å². The van der Waals surface area contributed by atoms with Gasteiger partial charge in [-0.05, 0) is 24.3 Å². The van der Waals surface area contributed by atoms with E-state index in [1.807, 2.05) is 0 Å². The number of hydrogen-bond acceptors (Lipinski definition) is 4. The molecule has 1 heterocycles. The molecule has 1 aromatic carbocycles. The molecule has 84 valence electrons. The number of phenols is 1. The van der Waals surface area contributed by atoms with Crippen LogP contribution in [0.5, 0.6) is 5.75 Å². The number of aromatic nitrogens is 2. The summed E-state index contributed by atoms with van der Waals surface area (Å²) in [4.78, 5) is 6.13. The van der Waals surface area contributed by atoms with Gasteiger partial charge in [-0.15, -0.1) is 0 Å². The first-order valence-electron chi connectivity index (χ1n) is 4.38. The van der Waals surface area contributed by atoms with E-state index in [1.165, 1.54) is 36.8 Å². The van der Waals surface area contributed by atoms with Gasteiger partial charge in [0.15, 0.2) is 5.03 Å². The maximum absolute atomic E-state index is 11.7. The molecule has 0 fully saturated rings. The highest BCUT2D eigenvalue weighted by atomic mass is 32.2. The standard InChI is InChI=1S/C9H9N3O3S/c13-8-3-1-7(2-4-8)12-16(14,15)9-5-10-6-11-9/h1-6,12-13H,(H,10,11). The summed E-state index contributed by atoms with van der Waals surface area (Å²) in [6.07, 6.45) is 2.49. The lowest BCUT2D eigenvalue weighted by atomic mass is 10.3. The van der Waals surface area contributed by atoms with Crippen LogP contribution in [0, 0.1) is 0 Å². The van der Waals surface area contributed by atoms with E-state index >= 15 is 0 Å². The van der Waals surface area contributed by atoms with Crippen molar-refractivity contribution in [3.63, 3.8) is 0 Å². The SMILES string of the molecule is O=S(=O)(Nc1ccc(O)cc1)c1cnc[nH]1. The summed E-state index contributed by atoms with van der Waals surface area (Å²) >= 11 is 0. The quantitative estimate of drug-likeness (QED) is 0.694. The van der Waals surface area contributed by atoms with E-state index in [9.17, 15) is 8.42 Å². The number of imidazole rings is 1. The van der Waals surface area contributed by atoms with Crippen molar-refractivity contribution in [3.05, 3.63) is 36.8 Å². The Kier molecular flexibility index (Phi) is 2.53. The van der Waals surface area contributed by atoms with Gasteiger partial charge in [0.2, 0.25) is 0 Å². The van der Waals surface area contributed by atoms with Crippen molar-refractivity contribution in [2.75, 3.05) is 4.72 Å². The van der Waals surface area contributed by atoms with Crippen LogP contribution >= 0.6 is 0 Å². The van der Waals surface area contributed by atoms with E-state index in [0.717, 1.165) is 0 Å². The van der Waals surface area contributed by atoms with Crippen LogP contribution in [0.25, 0.3) is 0 Å². The van der Waals surface area contributed by atoms with Gasteiger partial charge in [0.25, 0.3) is 10.0 Å². The lowest BCUT2D eigenvalue weighted by Gasteiger charge is -2.05. The number of hydrogen-bond donors (Lipinski definition) is 3. The molecule has 0 aliphatic heterocycles. The zero-order valence-electron chi connectivity index (χ0n) is 8.08. The van der Waals surface area contributed by atoms with Gasteiger partial charge in [-0.3, -0.25) is 4.72 Å². The molecule has 0 aliphatic rings. The Labute approximate surface area is 92.0 Å². The molecule has 7 heteroatoms. The van der Waals surface area contributed by atoms with Gasteiger partial charge in [0, 0.05) is 5.69 Å². The number of aromatic amines is 1. The minimum absolute atomic E-state index is 0.0134. The third kappa shape index (κ3) is 2.14. The first-order chi connectivity index (χ1) is 7.58. The van der Waals surface area contributed by atoms with Crippen LogP contribution in [0.4, 0.5) is 5.69 Å². The summed E-state index contributed by atoms with van der Waals surface area (Å²) in [5.41, 5.74) is 0.368. The summed E-state index contributed by atoms with van der Waals surface area (Å²) in [7, 11) is -3.63. The molecule has 3 N–H and O–H groups in total. The summed E-state index contributed by atoms with van der Waals surface area (Å²) in [6.45, 7) is 0. The largest absolute Gasteiger partial charge is 0.508 e. The van der Waals surface area contributed by atoms with Gasteiger partial charge in [-0.1, -0.05) is 0 Å². The smallest absolute Gasteiger partial charge is 0.278 e. The third-order valence-electron chi connectivity index (χ3n) is 1.88. The predicted molar refractivity (Wildman–Crippen MR) is 57.5 cm³/mol. The molecule has 2 aromatic rings. The molecular weight excluding hydrogens is 230 g/mol. The Morgan fingerprint density at radius 3 is 2.50 bits per heavy atom. The van der Waals surface area contributed by atoms with Gasteiger partial charge in [-0.2, -0.15) is 8.42 Å². The molecule has 0 atom stereocenters. The monoisotopic (exact) mass is 239 g/mol. The number of anilines is 1. The number of aromatic hydroxyl groups is 1. The Morgan fingerprint density at radius 2 is 1.94 bits per heavy atom. The molecule has 0 saturated carbocycles. The molecular formula is C9H9N3O3S. The zero-order valence-corrected chi connectivity index (χ0v) is 8.90. The average Bonchev–Trinajstić information content (AvgIpc) is 2.75. The fourth-order valence-electron chi connectivity index (χ4n) is 1.13. The van der Waals surface area contributed by atoms with Crippen molar-refractivity contribution >= 4 is 15.7 Å². The van der Waals surface area contributed by atoms with Crippen LogP contribution < -0.4 is 4.72 Å². The van der Waals surface area contributed by atoms with Gasteiger partial charge in [0.05, 0.1) is 12.5 Å². The summed E-state index contributed by atoms with van der Waals surface area (Å²) in [5.74, 6) is 0.0736. The van der Waals surface area contributed by atoms with Crippen molar-refractivity contribution in [2.24, 2.45) is 0 Å².